The van der Waals surface area contributed by atoms with E-state index in [1.54, 1.807) is 12.1 Å². The fourth-order valence-corrected chi connectivity index (χ4v) is 2.76. The Labute approximate surface area is 123 Å². The van der Waals surface area contributed by atoms with Crippen LogP contribution in [0.4, 0.5) is 0 Å². The van der Waals surface area contributed by atoms with Crippen LogP contribution in [-0.4, -0.2) is 24.6 Å². The summed E-state index contributed by atoms with van der Waals surface area (Å²) in [5, 5.41) is 0. The monoisotopic (exact) mass is 286 g/mol. The lowest BCUT2D eigenvalue weighted by atomic mass is 9.95. The summed E-state index contributed by atoms with van der Waals surface area (Å²) in [6.45, 7) is 0.402. The Balaban J connectivity index is 1.59. The number of rotatable bonds is 3. The van der Waals surface area contributed by atoms with Gasteiger partial charge in [-0.3, -0.25) is 0 Å². The van der Waals surface area contributed by atoms with Crippen molar-refractivity contribution in [3.63, 3.8) is 0 Å². The first-order valence-corrected chi connectivity index (χ1v) is 7.34. The van der Waals surface area contributed by atoms with Crippen molar-refractivity contribution in [2.75, 3.05) is 6.61 Å². The van der Waals surface area contributed by atoms with Crippen LogP contribution in [0.1, 0.15) is 35.2 Å². The average Bonchev–Trinajstić information content (AvgIpc) is 2.53. The lowest BCUT2D eigenvalue weighted by Crippen LogP contribution is -2.36. The molecule has 2 atom stereocenters. The van der Waals surface area contributed by atoms with Crippen molar-refractivity contribution in [1.29, 1.82) is 0 Å². The molecule has 0 bridgehead atoms. The largest absolute Gasteiger partial charge is 0.463 e. The molecule has 4 nitrogen and oxygen atoms in total. The molecule has 0 radical (unpaired) electrons. The smallest absolute Gasteiger partial charge is 0.347 e. The molecule has 1 aromatic rings. The number of benzene rings is 1. The normalized spacial score (nSPS) is 24.1. The molecule has 0 N–H and O–H groups in total. The van der Waals surface area contributed by atoms with E-state index < -0.39 is 18.0 Å². The van der Waals surface area contributed by atoms with Crippen molar-refractivity contribution >= 4 is 11.9 Å². The SMILES string of the molecule is O=C1OC(C(=O)OCC2CC=CCC2)Cc2ccccc21. The summed E-state index contributed by atoms with van der Waals surface area (Å²) in [7, 11) is 0. The van der Waals surface area contributed by atoms with Crippen LogP contribution in [0.5, 0.6) is 0 Å². The van der Waals surface area contributed by atoms with Crippen LogP contribution in [0, 0.1) is 5.92 Å². The van der Waals surface area contributed by atoms with Crippen LogP contribution in [-0.2, 0) is 20.7 Å². The zero-order chi connectivity index (χ0) is 14.7. The summed E-state index contributed by atoms with van der Waals surface area (Å²) < 4.78 is 10.5. The predicted octanol–water partition coefficient (Wildman–Crippen LogP) is 2.67. The predicted molar refractivity (Wildman–Crippen MR) is 76.8 cm³/mol. The van der Waals surface area contributed by atoms with Gasteiger partial charge in [-0.2, -0.15) is 0 Å². The third kappa shape index (κ3) is 3.15. The minimum Gasteiger partial charge on any atom is -0.463 e. The maximum absolute atomic E-state index is 12.1. The zero-order valence-electron chi connectivity index (χ0n) is 11.8. The number of hydrogen-bond acceptors (Lipinski definition) is 4. The van der Waals surface area contributed by atoms with Gasteiger partial charge in [0.15, 0.2) is 0 Å². The number of esters is 2. The highest BCUT2D eigenvalue weighted by Crippen LogP contribution is 2.22. The van der Waals surface area contributed by atoms with Gasteiger partial charge in [-0.25, -0.2) is 9.59 Å². The van der Waals surface area contributed by atoms with Gasteiger partial charge < -0.3 is 9.47 Å². The van der Waals surface area contributed by atoms with Crippen LogP contribution in [0.3, 0.4) is 0 Å². The molecule has 21 heavy (non-hydrogen) atoms. The fraction of sp³-hybridized carbons (Fsp3) is 0.412. The van der Waals surface area contributed by atoms with E-state index >= 15 is 0 Å². The molecule has 1 aliphatic heterocycles. The van der Waals surface area contributed by atoms with Gasteiger partial charge in [0.05, 0.1) is 12.2 Å². The van der Waals surface area contributed by atoms with E-state index in [-0.39, 0.29) is 0 Å². The van der Waals surface area contributed by atoms with Crippen molar-refractivity contribution in [2.45, 2.75) is 31.8 Å². The molecule has 0 saturated carbocycles. The number of carbonyl (C=O) groups excluding carboxylic acids is 2. The van der Waals surface area contributed by atoms with E-state index in [4.69, 9.17) is 9.47 Å². The van der Waals surface area contributed by atoms with Crippen LogP contribution in [0.25, 0.3) is 0 Å². The fourth-order valence-electron chi connectivity index (χ4n) is 2.76. The molecule has 1 aliphatic carbocycles. The standard InChI is InChI=1S/C17H18O4/c18-16-14-9-5-4-8-13(14)10-15(21-16)17(19)20-11-12-6-2-1-3-7-12/h1-2,4-5,8-9,12,15H,3,6-7,10-11H2. The highest BCUT2D eigenvalue weighted by atomic mass is 16.6. The topological polar surface area (TPSA) is 52.6 Å². The van der Waals surface area contributed by atoms with Crippen molar-refractivity contribution in [3.05, 3.63) is 47.5 Å². The molecule has 0 amide bonds. The van der Waals surface area contributed by atoms with Crippen molar-refractivity contribution < 1.29 is 19.1 Å². The van der Waals surface area contributed by atoms with E-state index in [1.165, 1.54) is 0 Å². The summed E-state index contributed by atoms with van der Waals surface area (Å²) >= 11 is 0. The number of carbonyl (C=O) groups is 2. The number of allylic oxidation sites excluding steroid dienone is 2. The molecular weight excluding hydrogens is 268 g/mol. The van der Waals surface area contributed by atoms with E-state index in [0.29, 0.717) is 24.5 Å². The van der Waals surface area contributed by atoms with Gasteiger partial charge in [-0.1, -0.05) is 30.4 Å². The Hall–Kier alpha value is -2.10. The number of ether oxygens (including phenoxy) is 2. The van der Waals surface area contributed by atoms with Gasteiger partial charge in [0.1, 0.15) is 0 Å². The first-order chi connectivity index (χ1) is 10.2. The van der Waals surface area contributed by atoms with Gasteiger partial charge >= 0.3 is 11.9 Å². The third-order valence-corrected chi connectivity index (χ3v) is 3.99. The minimum absolute atomic E-state index is 0.380. The van der Waals surface area contributed by atoms with E-state index in [2.05, 4.69) is 12.2 Å². The summed E-state index contributed by atoms with van der Waals surface area (Å²) in [6, 6.07) is 7.21. The van der Waals surface area contributed by atoms with Crippen molar-refractivity contribution in [3.8, 4) is 0 Å². The Morgan fingerprint density at radius 3 is 2.95 bits per heavy atom. The average molecular weight is 286 g/mol. The summed E-state index contributed by atoms with van der Waals surface area (Å²) in [5.41, 5.74) is 1.38. The molecular formula is C17H18O4. The number of fused-ring (bicyclic) bond motifs is 1. The van der Waals surface area contributed by atoms with Gasteiger partial charge in [-0.15, -0.1) is 0 Å². The molecule has 0 saturated heterocycles. The second-order valence-electron chi connectivity index (χ2n) is 5.54. The van der Waals surface area contributed by atoms with Gasteiger partial charge in [0.25, 0.3) is 0 Å². The maximum atomic E-state index is 12.1. The van der Waals surface area contributed by atoms with Crippen LogP contribution < -0.4 is 0 Å². The van der Waals surface area contributed by atoms with E-state index in [9.17, 15) is 9.59 Å². The minimum atomic E-state index is -0.813. The van der Waals surface area contributed by atoms with Crippen LogP contribution in [0.2, 0.25) is 0 Å². The lowest BCUT2D eigenvalue weighted by molar-refractivity contribution is -0.155. The molecule has 1 heterocycles. The number of cyclic esters (lactones) is 1. The Kier molecular flexibility index (Phi) is 4.04. The van der Waals surface area contributed by atoms with Gasteiger partial charge in [-0.05, 0) is 36.8 Å². The maximum Gasteiger partial charge on any atom is 0.347 e. The molecule has 110 valence electrons. The lowest BCUT2D eigenvalue weighted by Gasteiger charge is -2.24. The number of hydrogen-bond donors (Lipinski definition) is 0. The molecule has 3 rings (SSSR count). The molecule has 0 aromatic heterocycles. The first-order valence-electron chi connectivity index (χ1n) is 7.34. The quantitative estimate of drug-likeness (QED) is 0.633. The zero-order valence-corrected chi connectivity index (χ0v) is 11.8. The van der Waals surface area contributed by atoms with Crippen LogP contribution in [0.15, 0.2) is 36.4 Å². The highest BCUT2D eigenvalue weighted by molar-refractivity contribution is 5.94. The Bertz CT molecular complexity index is 576. The Morgan fingerprint density at radius 2 is 2.14 bits per heavy atom. The van der Waals surface area contributed by atoms with Gasteiger partial charge in [0.2, 0.25) is 6.10 Å². The third-order valence-electron chi connectivity index (χ3n) is 3.99. The first kappa shape index (κ1) is 13.9. The summed E-state index contributed by atoms with van der Waals surface area (Å²) in [5.74, 6) is -0.502. The van der Waals surface area contributed by atoms with E-state index in [0.717, 1.165) is 24.8 Å². The molecule has 0 spiro atoms. The molecule has 4 heteroatoms. The molecule has 0 fully saturated rings. The summed E-state index contributed by atoms with van der Waals surface area (Å²) in [6.07, 6.45) is 6.88. The van der Waals surface area contributed by atoms with E-state index in [1.807, 2.05) is 12.1 Å². The van der Waals surface area contributed by atoms with Crippen molar-refractivity contribution in [2.24, 2.45) is 5.92 Å². The molecule has 2 aliphatic rings. The van der Waals surface area contributed by atoms with Crippen molar-refractivity contribution in [1.82, 2.24) is 0 Å². The summed E-state index contributed by atoms with van der Waals surface area (Å²) in [4.78, 5) is 23.9. The molecule has 2 unspecified atom stereocenters. The molecule has 1 aromatic carbocycles. The van der Waals surface area contributed by atoms with Crippen LogP contribution >= 0.6 is 0 Å². The Morgan fingerprint density at radius 1 is 1.29 bits per heavy atom. The second-order valence-corrected chi connectivity index (χ2v) is 5.54. The van der Waals surface area contributed by atoms with Gasteiger partial charge in [0, 0.05) is 6.42 Å². The second kappa shape index (κ2) is 6.12. The highest BCUT2D eigenvalue weighted by Gasteiger charge is 2.32.